The molecule has 1 aromatic heterocycles. The summed E-state index contributed by atoms with van der Waals surface area (Å²) < 4.78 is 1.82. The van der Waals surface area contributed by atoms with Crippen LogP contribution in [0.25, 0.3) is 10.9 Å². The fourth-order valence-corrected chi connectivity index (χ4v) is 2.66. The summed E-state index contributed by atoms with van der Waals surface area (Å²) in [6.45, 7) is 3.86. The smallest absolute Gasteiger partial charge is 0.253 e. The van der Waals surface area contributed by atoms with E-state index in [0.717, 1.165) is 19.8 Å². The Labute approximate surface area is 134 Å². The number of carbonyl (C=O) groups is 1. The molecule has 1 amide bonds. The number of aliphatic hydroxyl groups is 1. The third-order valence-electron chi connectivity index (χ3n) is 3.29. The third kappa shape index (κ3) is 3.07. The molecule has 0 fully saturated rings. The number of nitrogens with one attached hydrogen (secondary N) is 2. The second-order valence-electron chi connectivity index (χ2n) is 5.02. The molecule has 0 aliphatic rings. The molecule has 0 saturated carbocycles. The molecule has 1 atom stereocenters. The Bertz CT molecular complexity index is 637. The lowest BCUT2D eigenvalue weighted by Crippen LogP contribution is -2.41. The normalized spacial score (nSPS) is 12.9. The van der Waals surface area contributed by atoms with E-state index in [1.54, 1.807) is 6.20 Å². The van der Waals surface area contributed by atoms with Crippen LogP contribution < -0.4 is 5.32 Å². The lowest BCUT2D eigenvalue weighted by molar-refractivity contribution is 0.0898. The third-order valence-corrected chi connectivity index (χ3v) is 5.13. The molecular formula is C14H16Br2N2O2. The predicted octanol–water partition coefficient (Wildman–Crippen LogP) is 3.44. The molecule has 0 radical (unpaired) electrons. The molecule has 4 nitrogen and oxygen atoms in total. The van der Waals surface area contributed by atoms with Crippen LogP contribution in [-0.2, 0) is 0 Å². The van der Waals surface area contributed by atoms with Gasteiger partial charge < -0.3 is 15.4 Å². The van der Waals surface area contributed by atoms with E-state index < -0.39 is 0 Å². The molecule has 1 unspecified atom stereocenters. The van der Waals surface area contributed by atoms with Crippen LogP contribution >= 0.6 is 31.9 Å². The highest BCUT2D eigenvalue weighted by Gasteiger charge is 2.19. The first-order valence-electron chi connectivity index (χ1n) is 6.32. The van der Waals surface area contributed by atoms with Crippen molar-refractivity contribution in [2.75, 3.05) is 6.61 Å². The Kier molecular flexibility index (Phi) is 4.88. The topological polar surface area (TPSA) is 65.1 Å². The summed E-state index contributed by atoms with van der Waals surface area (Å²) in [5.74, 6) is -0.00624. The second kappa shape index (κ2) is 6.28. The average Bonchev–Trinajstić information content (AvgIpc) is 2.78. The van der Waals surface area contributed by atoms with Crippen LogP contribution in [0.2, 0.25) is 0 Å². The molecule has 0 aliphatic heterocycles. The zero-order valence-corrected chi connectivity index (χ0v) is 14.4. The largest absolute Gasteiger partial charge is 0.394 e. The lowest BCUT2D eigenvalue weighted by atomic mass is 10.0. The summed E-state index contributed by atoms with van der Waals surface area (Å²) in [4.78, 5) is 15.4. The number of H-pyrrole nitrogens is 1. The summed E-state index contributed by atoms with van der Waals surface area (Å²) in [5, 5.41) is 13.0. The van der Waals surface area contributed by atoms with E-state index in [9.17, 15) is 9.90 Å². The quantitative estimate of drug-likeness (QED) is 0.731. The van der Waals surface area contributed by atoms with Crippen molar-refractivity contribution >= 4 is 48.7 Å². The maximum atomic E-state index is 12.3. The van der Waals surface area contributed by atoms with Gasteiger partial charge in [0.05, 0.1) is 18.2 Å². The fourth-order valence-electron chi connectivity index (χ4n) is 1.97. The van der Waals surface area contributed by atoms with Gasteiger partial charge in [0.15, 0.2) is 0 Å². The molecule has 2 aromatic rings. The molecule has 3 N–H and O–H groups in total. The number of benzene rings is 1. The van der Waals surface area contributed by atoms with Crippen LogP contribution in [0.5, 0.6) is 0 Å². The first kappa shape index (κ1) is 15.5. The van der Waals surface area contributed by atoms with Crippen molar-refractivity contribution in [1.82, 2.24) is 10.3 Å². The van der Waals surface area contributed by atoms with Crippen molar-refractivity contribution in [2.24, 2.45) is 5.92 Å². The number of amides is 1. The monoisotopic (exact) mass is 402 g/mol. The molecule has 108 valence electrons. The number of carbonyl (C=O) groups excluding carboxylic acids is 1. The van der Waals surface area contributed by atoms with Gasteiger partial charge in [-0.3, -0.25) is 4.79 Å². The maximum Gasteiger partial charge on any atom is 0.253 e. The molecule has 0 saturated heterocycles. The fraction of sp³-hybridized carbons (Fsp3) is 0.357. The standard InChI is InChI=1S/C14H16Br2N2O2/c1-7(2)13(6-19)18-14(20)9-5-17-12-4-11(16)10(15)3-8(9)12/h3-5,7,13,17,19H,6H2,1-2H3,(H,18,20). The van der Waals surface area contributed by atoms with Gasteiger partial charge in [0.2, 0.25) is 0 Å². The molecule has 6 heteroatoms. The average molecular weight is 404 g/mol. The summed E-state index contributed by atoms with van der Waals surface area (Å²) >= 11 is 6.87. The van der Waals surface area contributed by atoms with Gasteiger partial charge in [-0.15, -0.1) is 0 Å². The van der Waals surface area contributed by atoms with Crippen LogP contribution in [-0.4, -0.2) is 28.6 Å². The van der Waals surface area contributed by atoms with E-state index in [1.165, 1.54) is 0 Å². The molecule has 2 rings (SSSR count). The zero-order chi connectivity index (χ0) is 14.9. The van der Waals surface area contributed by atoms with Gasteiger partial charge >= 0.3 is 0 Å². The molecule has 20 heavy (non-hydrogen) atoms. The minimum atomic E-state index is -0.244. The predicted molar refractivity (Wildman–Crippen MR) is 86.9 cm³/mol. The van der Waals surface area contributed by atoms with Crippen molar-refractivity contribution in [2.45, 2.75) is 19.9 Å². The first-order valence-corrected chi connectivity index (χ1v) is 7.90. The summed E-state index contributed by atoms with van der Waals surface area (Å²) in [7, 11) is 0. The van der Waals surface area contributed by atoms with Crippen molar-refractivity contribution in [3.63, 3.8) is 0 Å². The number of halogens is 2. The molecule has 1 aromatic carbocycles. The van der Waals surface area contributed by atoms with Crippen LogP contribution in [0, 0.1) is 5.92 Å². The van der Waals surface area contributed by atoms with Gasteiger partial charge in [-0.25, -0.2) is 0 Å². The Morgan fingerprint density at radius 1 is 1.35 bits per heavy atom. The zero-order valence-electron chi connectivity index (χ0n) is 11.2. The van der Waals surface area contributed by atoms with Crippen molar-refractivity contribution in [3.05, 3.63) is 32.8 Å². The van der Waals surface area contributed by atoms with Gasteiger partial charge in [0, 0.05) is 26.0 Å². The van der Waals surface area contributed by atoms with Gasteiger partial charge in [-0.05, 0) is 49.9 Å². The van der Waals surface area contributed by atoms with E-state index >= 15 is 0 Å². The minimum Gasteiger partial charge on any atom is -0.394 e. The summed E-state index contributed by atoms with van der Waals surface area (Å²) in [6, 6.07) is 3.57. The Hall–Kier alpha value is -0.850. The summed E-state index contributed by atoms with van der Waals surface area (Å²) in [6.07, 6.45) is 1.69. The van der Waals surface area contributed by atoms with Crippen molar-refractivity contribution in [3.8, 4) is 0 Å². The molecule has 0 bridgehead atoms. The Balaban J connectivity index is 2.33. The molecule has 1 heterocycles. The van der Waals surface area contributed by atoms with Gasteiger partial charge in [-0.2, -0.15) is 0 Å². The lowest BCUT2D eigenvalue weighted by Gasteiger charge is -2.19. The number of fused-ring (bicyclic) bond motifs is 1. The van der Waals surface area contributed by atoms with E-state index in [-0.39, 0.29) is 24.5 Å². The van der Waals surface area contributed by atoms with E-state index in [1.807, 2.05) is 26.0 Å². The minimum absolute atomic E-state index is 0.0684. The number of rotatable bonds is 4. The maximum absolute atomic E-state index is 12.3. The van der Waals surface area contributed by atoms with Gasteiger partial charge in [-0.1, -0.05) is 13.8 Å². The number of hydrogen-bond donors (Lipinski definition) is 3. The van der Waals surface area contributed by atoms with Crippen molar-refractivity contribution in [1.29, 1.82) is 0 Å². The van der Waals surface area contributed by atoms with E-state index in [4.69, 9.17) is 0 Å². The number of aromatic amines is 1. The van der Waals surface area contributed by atoms with Crippen LogP contribution in [0.3, 0.4) is 0 Å². The molecule has 0 spiro atoms. The van der Waals surface area contributed by atoms with Gasteiger partial charge in [0.25, 0.3) is 5.91 Å². The number of hydrogen-bond acceptors (Lipinski definition) is 2. The van der Waals surface area contributed by atoms with Crippen molar-refractivity contribution < 1.29 is 9.90 Å². The van der Waals surface area contributed by atoms with E-state index in [2.05, 4.69) is 42.2 Å². The second-order valence-corrected chi connectivity index (χ2v) is 6.73. The van der Waals surface area contributed by atoms with Crippen LogP contribution in [0.15, 0.2) is 27.3 Å². The highest BCUT2D eigenvalue weighted by Crippen LogP contribution is 2.30. The highest BCUT2D eigenvalue weighted by molar-refractivity contribution is 9.13. The number of aromatic nitrogens is 1. The Morgan fingerprint density at radius 3 is 2.60 bits per heavy atom. The van der Waals surface area contributed by atoms with E-state index in [0.29, 0.717) is 5.56 Å². The van der Waals surface area contributed by atoms with Crippen LogP contribution in [0.4, 0.5) is 0 Å². The Morgan fingerprint density at radius 2 is 2.00 bits per heavy atom. The molecular weight excluding hydrogens is 388 g/mol. The van der Waals surface area contributed by atoms with Gasteiger partial charge in [0.1, 0.15) is 0 Å². The SMILES string of the molecule is CC(C)C(CO)NC(=O)c1c[nH]c2cc(Br)c(Br)cc12. The first-order chi connectivity index (χ1) is 9.43. The molecule has 0 aliphatic carbocycles. The number of aliphatic hydroxyl groups excluding tert-OH is 1. The summed E-state index contributed by atoms with van der Waals surface area (Å²) in [5.41, 5.74) is 1.46. The van der Waals surface area contributed by atoms with Crippen LogP contribution in [0.1, 0.15) is 24.2 Å². The highest BCUT2D eigenvalue weighted by atomic mass is 79.9.